The van der Waals surface area contributed by atoms with E-state index < -0.39 is 17.8 Å². The number of carbonyl (C=O) groups excluding carboxylic acids is 1. The van der Waals surface area contributed by atoms with Gasteiger partial charge in [0.05, 0.1) is 16.0 Å². The zero-order valence-electron chi connectivity index (χ0n) is 17.3. The Morgan fingerprint density at radius 1 is 1.12 bits per heavy atom. The SMILES string of the molecule is CCNC(=O)Nc1nc2c(F)c(-c3cccc(C(=O)O)c3)cc(-c3ccccn3)c2s1.[Li]. The average Bonchev–Trinajstić information content (AvgIpc) is 3.19. The number of aromatic carboxylic acids is 1. The Balaban J connectivity index is 0.00000289. The number of benzene rings is 2. The molecule has 0 aliphatic carbocycles. The number of hydrogen-bond donors (Lipinski definition) is 3. The van der Waals surface area contributed by atoms with Crippen LogP contribution in [0.5, 0.6) is 0 Å². The molecular weight excluding hydrogens is 426 g/mol. The predicted octanol–water partition coefficient (Wildman–Crippen LogP) is 4.62. The van der Waals surface area contributed by atoms with Crippen molar-refractivity contribution >= 4 is 57.5 Å². The summed E-state index contributed by atoms with van der Waals surface area (Å²) in [6.07, 6.45) is 1.63. The normalized spacial score (nSPS) is 10.4. The molecule has 0 aliphatic heterocycles. The van der Waals surface area contributed by atoms with E-state index in [2.05, 4.69) is 20.6 Å². The van der Waals surface area contributed by atoms with Crippen LogP contribution in [0.1, 0.15) is 17.3 Å². The van der Waals surface area contributed by atoms with Crippen LogP contribution in [0.4, 0.5) is 14.3 Å². The fourth-order valence-corrected chi connectivity index (χ4v) is 4.13. The van der Waals surface area contributed by atoms with E-state index in [9.17, 15) is 14.7 Å². The molecule has 2 aromatic heterocycles. The van der Waals surface area contributed by atoms with Gasteiger partial charge in [-0.05, 0) is 42.8 Å². The van der Waals surface area contributed by atoms with E-state index in [4.69, 9.17) is 0 Å². The van der Waals surface area contributed by atoms with Gasteiger partial charge in [0.15, 0.2) is 10.9 Å². The maximum Gasteiger partial charge on any atom is 0.335 e. The third kappa shape index (κ3) is 4.65. The van der Waals surface area contributed by atoms with Crippen LogP contribution < -0.4 is 10.6 Å². The Bertz CT molecular complexity index is 1300. The summed E-state index contributed by atoms with van der Waals surface area (Å²) in [5, 5.41) is 14.8. The van der Waals surface area contributed by atoms with Gasteiger partial charge in [0.1, 0.15) is 5.52 Å². The van der Waals surface area contributed by atoms with E-state index in [1.54, 1.807) is 43.5 Å². The number of thiazole rings is 1. The number of fused-ring (bicyclic) bond motifs is 1. The van der Waals surface area contributed by atoms with Crippen LogP contribution in [0.15, 0.2) is 54.7 Å². The van der Waals surface area contributed by atoms with Crippen LogP contribution in [0.25, 0.3) is 32.6 Å². The molecule has 4 aromatic rings. The van der Waals surface area contributed by atoms with E-state index in [-0.39, 0.29) is 40.6 Å². The van der Waals surface area contributed by atoms with Crippen molar-refractivity contribution in [2.45, 2.75) is 6.92 Å². The summed E-state index contributed by atoms with van der Waals surface area (Å²) in [4.78, 5) is 31.9. The number of nitrogens with zero attached hydrogens (tertiary/aromatic N) is 2. The number of aromatic nitrogens is 2. The zero-order chi connectivity index (χ0) is 22.0. The van der Waals surface area contributed by atoms with Gasteiger partial charge in [-0.25, -0.2) is 19.0 Å². The minimum absolute atomic E-state index is 0. The Hall–Kier alpha value is -3.25. The van der Waals surface area contributed by atoms with Gasteiger partial charge in [-0.2, -0.15) is 0 Å². The molecule has 0 fully saturated rings. The molecule has 157 valence electrons. The summed E-state index contributed by atoms with van der Waals surface area (Å²) in [6.45, 7) is 2.22. The van der Waals surface area contributed by atoms with Crippen molar-refractivity contribution in [3.05, 3.63) is 66.1 Å². The second-order valence-electron chi connectivity index (χ2n) is 6.57. The van der Waals surface area contributed by atoms with Crippen molar-refractivity contribution in [1.82, 2.24) is 15.3 Å². The number of carboxylic acid groups (broad SMARTS) is 1. The molecular formula is C22H17FLiN4O3S. The summed E-state index contributed by atoms with van der Waals surface area (Å²) < 4.78 is 16.1. The second-order valence-corrected chi connectivity index (χ2v) is 7.57. The van der Waals surface area contributed by atoms with Crippen molar-refractivity contribution in [3.63, 3.8) is 0 Å². The molecule has 1 radical (unpaired) electrons. The number of amides is 2. The van der Waals surface area contributed by atoms with Crippen molar-refractivity contribution in [3.8, 4) is 22.4 Å². The van der Waals surface area contributed by atoms with Crippen molar-refractivity contribution < 1.29 is 19.1 Å². The predicted molar refractivity (Wildman–Crippen MR) is 124 cm³/mol. The van der Waals surface area contributed by atoms with Crippen LogP contribution in [-0.4, -0.2) is 52.5 Å². The van der Waals surface area contributed by atoms with Gasteiger partial charge in [0.25, 0.3) is 0 Å². The summed E-state index contributed by atoms with van der Waals surface area (Å²) in [5.74, 6) is -1.70. The number of carbonyl (C=O) groups is 2. The fourth-order valence-electron chi connectivity index (χ4n) is 3.15. The Morgan fingerprint density at radius 3 is 2.62 bits per heavy atom. The van der Waals surface area contributed by atoms with Gasteiger partial charge in [-0.15, -0.1) is 0 Å². The third-order valence-electron chi connectivity index (χ3n) is 4.52. The average molecular weight is 443 g/mol. The number of halogens is 1. The summed E-state index contributed by atoms with van der Waals surface area (Å²) >= 11 is 1.14. The molecule has 2 aromatic carbocycles. The summed E-state index contributed by atoms with van der Waals surface area (Å²) in [5.41, 5.74) is 1.98. The van der Waals surface area contributed by atoms with Crippen LogP contribution in [0.2, 0.25) is 0 Å². The first-order valence-electron chi connectivity index (χ1n) is 9.41. The van der Waals surface area contributed by atoms with Crippen LogP contribution in [0.3, 0.4) is 0 Å². The van der Waals surface area contributed by atoms with Gasteiger partial charge in [0.2, 0.25) is 0 Å². The van der Waals surface area contributed by atoms with Gasteiger partial charge in [-0.3, -0.25) is 10.3 Å². The molecule has 10 heteroatoms. The fraction of sp³-hybridized carbons (Fsp3) is 0.0909. The molecule has 4 rings (SSSR count). The first kappa shape index (κ1) is 23.4. The Labute approximate surface area is 198 Å². The standard InChI is InChI=1S/C22H17FN4O3S.Li/c1-2-24-21(30)27-22-26-18-17(23)14(12-6-5-7-13(10-12)20(28)29)11-15(19(18)31-22)16-8-3-4-9-25-16;/h3-11H,2H2,1H3,(H,28,29)(H2,24,26,27,30);. The van der Waals surface area contributed by atoms with E-state index in [1.165, 1.54) is 12.1 Å². The summed E-state index contributed by atoms with van der Waals surface area (Å²) in [6, 6.07) is 12.6. The maximum atomic E-state index is 15.5. The molecule has 0 atom stereocenters. The zero-order valence-corrected chi connectivity index (χ0v) is 18.2. The largest absolute Gasteiger partial charge is 0.478 e. The van der Waals surface area contributed by atoms with Crippen molar-refractivity contribution in [2.24, 2.45) is 0 Å². The number of nitrogens with one attached hydrogen (secondary N) is 2. The van der Waals surface area contributed by atoms with Crippen LogP contribution >= 0.6 is 11.3 Å². The summed E-state index contributed by atoms with van der Waals surface area (Å²) in [7, 11) is 0. The van der Waals surface area contributed by atoms with Crippen molar-refractivity contribution in [1.29, 1.82) is 0 Å². The molecule has 32 heavy (non-hydrogen) atoms. The minimum atomic E-state index is -1.10. The number of carboxylic acids is 1. The second kappa shape index (κ2) is 9.91. The molecule has 0 bridgehead atoms. The molecule has 2 amide bonds. The first-order chi connectivity index (χ1) is 15.0. The van der Waals surface area contributed by atoms with Gasteiger partial charge >= 0.3 is 12.0 Å². The van der Waals surface area contributed by atoms with Gasteiger partial charge in [0, 0.05) is 42.7 Å². The number of pyridine rings is 1. The quantitative estimate of drug-likeness (QED) is 0.391. The van der Waals surface area contributed by atoms with Gasteiger partial charge < -0.3 is 10.4 Å². The molecule has 0 unspecified atom stereocenters. The molecule has 0 saturated heterocycles. The van der Waals surface area contributed by atoms with Crippen LogP contribution in [0, 0.1) is 5.82 Å². The minimum Gasteiger partial charge on any atom is -0.478 e. The maximum absolute atomic E-state index is 15.5. The third-order valence-corrected chi connectivity index (χ3v) is 5.53. The molecule has 7 nitrogen and oxygen atoms in total. The molecule has 2 heterocycles. The van der Waals surface area contributed by atoms with E-state index in [1.807, 2.05) is 6.07 Å². The van der Waals surface area contributed by atoms with E-state index in [0.717, 1.165) is 11.3 Å². The smallest absolute Gasteiger partial charge is 0.335 e. The monoisotopic (exact) mass is 443 g/mol. The number of anilines is 1. The Morgan fingerprint density at radius 2 is 1.94 bits per heavy atom. The molecule has 3 N–H and O–H groups in total. The van der Waals surface area contributed by atoms with E-state index >= 15 is 4.39 Å². The van der Waals surface area contributed by atoms with Crippen molar-refractivity contribution in [2.75, 3.05) is 11.9 Å². The topological polar surface area (TPSA) is 104 Å². The van der Waals surface area contributed by atoms with Crippen LogP contribution in [-0.2, 0) is 0 Å². The molecule has 0 saturated carbocycles. The number of hydrogen-bond acceptors (Lipinski definition) is 5. The number of urea groups is 1. The van der Waals surface area contributed by atoms with Gasteiger partial charge in [-0.1, -0.05) is 29.5 Å². The Kier molecular flexibility index (Phi) is 7.25. The first-order valence-corrected chi connectivity index (χ1v) is 10.2. The number of rotatable bonds is 5. The van der Waals surface area contributed by atoms with E-state index in [0.29, 0.717) is 28.1 Å². The molecule has 0 aliphatic rings. The molecule has 0 spiro atoms.